The van der Waals surface area contributed by atoms with Crippen LogP contribution >= 0.6 is 0 Å². The molecule has 3 nitrogen and oxygen atoms in total. The molecule has 1 aliphatic heterocycles. The van der Waals surface area contributed by atoms with Gasteiger partial charge in [-0.15, -0.1) is 0 Å². The molecule has 0 unspecified atom stereocenters. The fourth-order valence-corrected chi connectivity index (χ4v) is 4.22. The molecule has 1 aliphatic rings. The molecule has 0 radical (unpaired) electrons. The van der Waals surface area contributed by atoms with Crippen LogP contribution < -0.4 is 5.32 Å². The molecule has 1 N–H and O–H groups in total. The summed E-state index contributed by atoms with van der Waals surface area (Å²) in [5.74, 6) is -0.824. The largest absolute Gasteiger partial charge is 0.351 e. The highest BCUT2D eigenvalue weighted by molar-refractivity contribution is 6.07. The maximum absolute atomic E-state index is 14.1. The fraction of sp³-hybridized carbons (Fsp3) is 0.292. The average Bonchev–Trinajstić information content (AvgIpc) is 2.74. The first-order valence-corrected chi connectivity index (χ1v) is 9.89. The molecule has 29 heavy (non-hydrogen) atoms. The Morgan fingerprint density at radius 3 is 2.31 bits per heavy atom. The number of nitrogens with one attached hydrogen (secondary N) is 1. The molecule has 0 aromatic heterocycles. The molecular formula is C24H24F2N2O. The van der Waals surface area contributed by atoms with Crippen LogP contribution in [0.5, 0.6) is 0 Å². The number of amides is 1. The van der Waals surface area contributed by atoms with Crippen molar-refractivity contribution in [3.8, 4) is 0 Å². The van der Waals surface area contributed by atoms with E-state index >= 15 is 0 Å². The highest BCUT2D eigenvalue weighted by Gasteiger charge is 2.36. The third-order valence-corrected chi connectivity index (χ3v) is 6.10. The molecule has 4 rings (SSSR count). The van der Waals surface area contributed by atoms with Gasteiger partial charge in [-0.25, -0.2) is 8.78 Å². The van der Waals surface area contributed by atoms with E-state index in [0.29, 0.717) is 22.9 Å². The first-order valence-electron chi connectivity index (χ1n) is 9.89. The topological polar surface area (TPSA) is 32.3 Å². The second-order valence-corrected chi connectivity index (χ2v) is 7.91. The summed E-state index contributed by atoms with van der Waals surface area (Å²) in [6.45, 7) is 2.27. The first kappa shape index (κ1) is 19.5. The van der Waals surface area contributed by atoms with Crippen LogP contribution in [0.2, 0.25) is 0 Å². The number of piperidine rings is 1. The van der Waals surface area contributed by atoms with E-state index in [-0.39, 0.29) is 23.0 Å². The fourth-order valence-electron chi connectivity index (χ4n) is 4.22. The van der Waals surface area contributed by atoms with Gasteiger partial charge in [-0.05, 0) is 68.2 Å². The standard InChI is InChI=1S/C24H24F2N2O/c1-28-14-12-24(13-15-28,17-6-8-18(25)9-7-17)16-27-23(29)21-10-11-22(26)20-5-3-2-4-19(20)21/h2-11H,12-16H2,1H3,(H,27,29). The van der Waals surface area contributed by atoms with Crippen LogP contribution in [0.25, 0.3) is 10.8 Å². The SMILES string of the molecule is CN1CCC(CNC(=O)c2ccc(F)c3ccccc23)(c2ccc(F)cc2)CC1. The van der Waals surface area contributed by atoms with Crippen LogP contribution in [0, 0.1) is 11.6 Å². The summed E-state index contributed by atoms with van der Waals surface area (Å²) in [5.41, 5.74) is 1.26. The van der Waals surface area contributed by atoms with Gasteiger partial charge in [0, 0.05) is 22.9 Å². The number of hydrogen-bond donors (Lipinski definition) is 1. The minimum atomic E-state index is -0.338. The lowest BCUT2D eigenvalue weighted by molar-refractivity contribution is 0.0929. The van der Waals surface area contributed by atoms with Crippen molar-refractivity contribution in [3.05, 3.63) is 83.4 Å². The number of carbonyl (C=O) groups excluding carboxylic acids is 1. The van der Waals surface area contributed by atoms with E-state index in [9.17, 15) is 13.6 Å². The van der Waals surface area contributed by atoms with Crippen LogP contribution in [0.4, 0.5) is 8.78 Å². The van der Waals surface area contributed by atoms with Gasteiger partial charge in [0.25, 0.3) is 5.91 Å². The van der Waals surface area contributed by atoms with Crippen LogP contribution in [0.1, 0.15) is 28.8 Å². The third kappa shape index (κ3) is 3.87. The van der Waals surface area contributed by atoms with Crippen LogP contribution in [0.3, 0.4) is 0 Å². The van der Waals surface area contributed by atoms with Crippen LogP contribution in [0.15, 0.2) is 60.7 Å². The van der Waals surface area contributed by atoms with Crippen molar-refractivity contribution >= 4 is 16.7 Å². The van der Waals surface area contributed by atoms with Crippen molar-refractivity contribution in [2.75, 3.05) is 26.7 Å². The highest BCUT2D eigenvalue weighted by Crippen LogP contribution is 2.35. The van der Waals surface area contributed by atoms with Crippen molar-refractivity contribution in [1.29, 1.82) is 0 Å². The summed E-state index contributed by atoms with van der Waals surface area (Å²) in [7, 11) is 2.08. The Morgan fingerprint density at radius 2 is 1.62 bits per heavy atom. The molecule has 0 atom stereocenters. The second-order valence-electron chi connectivity index (χ2n) is 7.91. The molecule has 3 aromatic rings. The van der Waals surface area contributed by atoms with Gasteiger partial charge in [0.15, 0.2) is 0 Å². The van der Waals surface area contributed by atoms with Gasteiger partial charge in [-0.3, -0.25) is 4.79 Å². The Hall–Kier alpha value is -2.79. The summed E-state index contributed by atoms with van der Waals surface area (Å²) in [4.78, 5) is 15.3. The molecule has 1 fully saturated rings. The molecule has 0 saturated carbocycles. The first-order chi connectivity index (χ1) is 14.0. The third-order valence-electron chi connectivity index (χ3n) is 6.10. The summed E-state index contributed by atoms with van der Waals surface area (Å²) < 4.78 is 27.5. The quantitative estimate of drug-likeness (QED) is 0.706. The number of rotatable bonds is 4. The van der Waals surface area contributed by atoms with Crippen molar-refractivity contribution in [2.45, 2.75) is 18.3 Å². The number of nitrogens with zero attached hydrogens (tertiary/aromatic N) is 1. The summed E-state index contributed by atoms with van der Waals surface area (Å²) in [6.07, 6.45) is 1.75. The van der Waals surface area contributed by atoms with E-state index in [2.05, 4.69) is 17.3 Å². The normalized spacial score (nSPS) is 16.7. The van der Waals surface area contributed by atoms with Crippen molar-refractivity contribution < 1.29 is 13.6 Å². The van der Waals surface area contributed by atoms with Crippen molar-refractivity contribution in [2.24, 2.45) is 0 Å². The molecule has 0 bridgehead atoms. The predicted molar refractivity (Wildman–Crippen MR) is 111 cm³/mol. The lowest BCUT2D eigenvalue weighted by Crippen LogP contribution is -2.48. The molecule has 1 amide bonds. The Balaban J connectivity index is 1.60. The number of carbonyl (C=O) groups is 1. The minimum absolute atomic E-state index is 0.221. The average molecular weight is 394 g/mol. The zero-order valence-electron chi connectivity index (χ0n) is 16.4. The second kappa shape index (κ2) is 7.91. The predicted octanol–water partition coefficient (Wildman–Crippen LogP) is 4.51. The highest BCUT2D eigenvalue weighted by atomic mass is 19.1. The van der Waals surface area contributed by atoms with E-state index in [1.165, 1.54) is 24.3 Å². The maximum Gasteiger partial charge on any atom is 0.251 e. The summed E-state index contributed by atoms with van der Waals surface area (Å²) in [6, 6.07) is 16.5. The Morgan fingerprint density at radius 1 is 0.966 bits per heavy atom. The van der Waals surface area contributed by atoms with Gasteiger partial charge in [-0.2, -0.15) is 0 Å². The summed E-state index contributed by atoms with van der Waals surface area (Å²) in [5, 5.41) is 4.11. The van der Waals surface area contributed by atoms with Gasteiger partial charge in [-0.1, -0.05) is 36.4 Å². The Kier molecular flexibility index (Phi) is 5.33. The molecule has 1 saturated heterocycles. The lowest BCUT2D eigenvalue weighted by Gasteiger charge is -2.41. The number of hydrogen-bond acceptors (Lipinski definition) is 2. The zero-order valence-corrected chi connectivity index (χ0v) is 16.4. The number of benzene rings is 3. The Labute approximate surface area is 169 Å². The number of halogens is 2. The molecule has 0 spiro atoms. The lowest BCUT2D eigenvalue weighted by atomic mass is 9.72. The van der Waals surface area contributed by atoms with Crippen LogP contribution in [-0.4, -0.2) is 37.5 Å². The molecule has 1 heterocycles. The monoisotopic (exact) mass is 394 g/mol. The van der Waals surface area contributed by atoms with E-state index in [0.717, 1.165) is 31.5 Å². The van der Waals surface area contributed by atoms with Gasteiger partial charge in [0.05, 0.1) is 0 Å². The van der Waals surface area contributed by atoms with E-state index in [1.807, 2.05) is 12.1 Å². The van der Waals surface area contributed by atoms with Gasteiger partial charge in [0.2, 0.25) is 0 Å². The molecule has 150 valence electrons. The molecule has 5 heteroatoms. The Bertz CT molecular complexity index is 1020. The number of likely N-dealkylation sites (tertiary alicyclic amines) is 1. The number of fused-ring (bicyclic) bond motifs is 1. The smallest absolute Gasteiger partial charge is 0.251 e. The minimum Gasteiger partial charge on any atom is -0.351 e. The van der Waals surface area contributed by atoms with E-state index in [4.69, 9.17) is 0 Å². The van der Waals surface area contributed by atoms with Gasteiger partial charge in [0.1, 0.15) is 11.6 Å². The maximum atomic E-state index is 14.1. The summed E-state index contributed by atoms with van der Waals surface area (Å²) >= 11 is 0. The zero-order chi connectivity index (χ0) is 20.4. The van der Waals surface area contributed by atoms with Gasteiger partial charge < -0.3 is 10.2 Å². The van der Waals surface area contributed by atoms with E-state index < -0.39 is 0 Å². The molecular weight excluding hydrogens is 370 g/mol. The van der Waals surface area contributed by atoms with Crippen molar-refractivity contribution in [1.82, 2.24) is 10.2 Å². The van der Waals surface area contributed by atoms with Crippen molar-refractivity contribution in [3.63, 3.8) is 0 Å². The molecule has 0 aliphatic carbocycles. The van der Waals surface area contributed by atoms with E-state index in [1.54, 1.807) is 24.3 Å². The van der Waals surface area contributed by atoms with Crippen LogP contribution in [-0.2, 0) is 5.41 Å². The van der Waals surface area contributed by atoms with Gasteiger partial charge >= 0.3 is 0 Å². The molecule has 3 aromatic carbocycles.